The van der Waals surface area contributed by atoms with Crippen LogP contribution < -0.4 is 5.73 Å². The molecule has 3 heteroatoms. The molecule has 0 aliphatic carbocycles. The number of rotatable bonds is 5. The SMILES string of the molecule is CC(C)[C@H](N)C[C@@H](C)CC(=O)O. The van der Waals surface area contributed by atoms with Crippen LogP contribution in [0.2, 0.25) is 0 Å². The van der Waals surface area contributed by atoms with Gasteiger partial charge >= 0.3 is 5.97 Å². The second-order valence-electron chi connectivity index (χ2n) is 3.85. The van der Waals surface area contributed by atoms with Crippen molar-refractivity contribution in [1.29, 1.82) is 0 Å². The molecule has 0 aliphatic rings. The zero-order valence-corrected chi connectivity index (χ0v) is 8.08. The van der Waals surface area contributed by atoms with Crippen LogP contribution in [0, 0.1) is 11.8 Å². The smallest absolute Gasteiger partial charge is 0.303 e. The number of carbonyl (C=O) groups is 1. The maximum Gasteiger partial charge on any atom is 0.303 e. The van der Waals surface area contributed by atoms with Crippen LogP contribution >= 0.6 is 0 Å². The highest BCUT2D eigenvalue weighted by Gasteiger charge is 2.14. The molecule has 0 aromatic carbocycles. The van der Waals surface area contributed by atoms with Gasteiger partial charge in [0.2, 0.25) is 0 Å². The van der Waals surface area contributed by atoms with Crippen LogP contribution in [0.3, 0.4) is 0 Å². The highest BCUT2D eigenvalue weighted by atomic mass is 16.4. The van der Waals surface area contributed by atoms with Crippen molar-refractivity contribution in [3.05, 3.63) is 0 Å². The van der Waals surface area contributed by atoms with Gasteiger partial charge in [-0.25, -0.2) is 0 Å². The number of carboxylic acids is 1. The van der Waals surface area contributed by atoms with Crippen LogP contribution in [-0.2, 0) is 4.79 Å². The van der Waals surface area contributed by atoms with Crippen LogP contribution in [0.15, 0.2) is 0 Å². The van der Waals surface area contributed by atoms with Gasteiger partial charge in [-0.15, -0.1) is 0 Å². The molecule has 0 spiro atoms. The second kappa shape index (κ2) is 5.14. The van der Waals surface area contributed by atoms with Crippen LogP contribution in [0.4, 0.5) is 0 Å². The van der Waals surface area contributed by atoms with E-state index in [1.54, 1.807) is 0 Å². The lowest BCUT2D eigenvalue weighted by Crippen LogP contribution is -2.29. The minimum Gasteiger partial charge on any atom is -0.481 e. The largest absolute Gasteiger partial charge is 0.481 e. The molecule has 2 atom stereocenters. The predicted molar refractivity (Wildman–Crippen MR) is 48.8 cm³/mol. The van der Waals surface area contributed by atoms with Crippen molar-refractivity contribution in [2.45, 2.75) is 39.7 Å². The van der Waals surface area contributed by atoms with Gasteiger partial charge in [0.05, 0.1) is 0 Å². The first kappa shape index (κ1) is 11.4. The average molecular weight is 173 g/mol. The maximum atomic E-state index is 10.3. The van der Waals surface area contributed by atoms with E-state index in [9.17, 15) is 4.79 Å². The molecule has 0 aliphatic heterocycles. The summed E-state index contributed by atoms with van der Waals surface area (Å²) in [6.07, 6.45) is 1.02. The number of hydrogen-bond donors (Lipinski definition) is 2. The lowest BCUT2D eigenvalue weighted by atomic mass is 9.93. The highest BCUT2D eigenvalue weighted by Crippen LogP contribution is 2.13. The van der Waals surface area contributed by atoms with Crippen molar-refractivity contribution in [3.63, 3.8) is 0 Å². The summed E-state index contributed by atoms with van der Waals surface area (Å²) in [5.74, 6) is -0.125. The lowest BCUT2D eigenvalue weighted by Gasteiger charge is -2.18. The molecule has 0 radical (unpaired) electrons. The van der Waals surface area contributed by atoms with E-state index in [1.807, 2.05) is 6.92 Å². The van der Waals surface area contributed by atoms with Crippen molar-refractivity contribution in [3.8, 4) is 0 Å². The van der Waals surface area contributed by atoms with Gasteiger partial charge in [-0.2, -0.15) is 0 Å². The summed E-state index contributed by atoms with van der Waals surface area (Å²) in [6.45, 7) is 6.03. The van der Waals surface area contributed by atoms with Gasteiger partial charge in [0.1, 0.15) is 0 Å². The average Bonchev–Trinajstić information content (AvgIpc) is 1.84. The third-order valence-electron chi connectivity index (χ3n) is 2.05. The molecule has 0 saturated carbocycles. The van der Waals surface area contributed by atoms with E-state index in [0.29, 0.717) is 5.92 Å². The molecule has 3 nitrogen and oxygen atoms in total. The van der Waals surface area contributed by atoms with Crippen molar-refractivity contribution < 1.29 is 9.90 Å². The van der Waals surface area contributed by atoms with Crippen molar-refractivity contribution in [1.82, 2.24) is 0 Å². The second-order valence-corrected chi connectivity index (χ2v) is 3.85. The maximum absolute atomic E-state index is 10.3. The summed E-state index contributed by atoms with van der Waals surface area (Å²) in [7, 11) is 0. The molecule has 0 heterocycles. The van der Waals surface area contributed by atoms with Crippen molar-refractivity contribution >= 4 is 5.97 Å². The monoisotopic (exact) mass is 173 g/mol. The third kappa shape index (κ3) is 5.13. The lowest BCUT2D eigenvalue weighted by molar-refractivity contribution is -0.138. The molecule has 72 valence electrons. The summed E-state index contributed by atoms with van der Waals surface area (Å²) >= 11 is 0. The van der Waals surface area contributed by atoms with Gasteiger partial charge in [-0.05, 0) is 18.3 Å². The summed E-state index contributed by atoms with van der Waals surface area (Å²) < 4.78 is 0. The fourth-order valence-electron chi connectivity index (χ4n) is 1.12. The first-order chi connectivity index (χ1) is 5.43. The number of hydrogen-bond acceptors (Lipinski definition) is 2. The first-order valence-corrected chi connectivity index (χ1v) is 4.40. The molecule has 0 unspecified atom stereocenters. The standard InChI is InChI=1S/C9H19NO2/c1-6(2)8(10)4-7(3)5-9(11)12/h6-8H,4-5,10H2,1-3H3,(H,11,12)/t7-,8-/m1/s1. The Morgan fingerprint density at radius 1 is 1.42 bits per heavy atom. The van der Waals surface area contributed by atoms with Gasteiger partial charge in [0.15, 0.2) is 0 Å². The Balaban J connectivity index is 3.68. The molecular weight excluding hydrogens is 154 g/mol. The molecule has 12 heavy (non-hydrogen) atoms. The number of aliphatic carboxylic acids is 1. The Kier molecular flexibility index (Phi) is 4.90. The predicted octanol–water partition coefficient (Wildman–Crippen LogP) is 1.47. The van der Waals surface area contributed by atoms with Crippen LogP contribution in [0.25, 0.3) is 0 Å². The summed E-state index contributed by atoms with van der Waals surface area (Å²) in [5, 5.41) is 8.49. The number of nitrogens with two attached hydrogens (primary N) is 1. The zero-order valence-electron chi connectivity index (χ0n) is 8.08. The molecule has 0 aromatic rings. The van der Waals surface area contributed by atoms with Crippen LogP contribution in [0.1, 0.15) is 33.6 Å². The molecule has 0 rings (SSSR count). The van der Waals surface area contributed by atoms with E-state index in [-0.39, 0.29) is 18.4 Å². The molecule has 0 bridgehead atoms. The fraction of sp³-hybridized carbons (Fsp3) is 0.889. The Morgan fingerprint density at radius 2 is 1.92 bits per heavy atom. The zero-order chi connectivity index (χ0) is 9.72. The Morgan fingerprint density at radius 3 is 2.25 bits per heavy atom. The molecule has 0 aromatic heterocycles. The van der Waals surface area contributed by atoms with Crippen molar-refractivity contribution in [2.24, 2.45) is 17.6 Å². The summed E-state index contributed by atoms with van der Waals surface area (Å²) in [6, 6.07) is 0.124. The van der Waals surface area contributed by atoms with Gasteiger partial charge in [0, 0.05) is 12.5 Å². The van der Waals surface area contributed by atoms with Crippen LogP contribution in [-0.4, -0.2) is 17.1 Å². The molecule has 0 amide bonds. The normalized spacial score (nSPS) is 16.1. The van der Waals surface area contributed by atoms with E-state index in [4.69, 9.17) is 10.8 Å². The highest BCUT2D eigenvalue weighted by molar-refractivity contribution is 5.66. The van der Waals surface area contributed by atoms with E-state index in [1.165, 1.54) is 0 Å². The fourth-order valence-corrected chi connectivity index (χ4v) is 1.12. The first-order valence-electron chi connectivity index (χ1n) is 4.40. The summed E-state index contributed by atoms with van der Waals surface area (Å²) in [5.41, 5.74) is 5.80. The quantitative estimate of drug-likeness (QED) is 0.661. The minimum absolute atomic E-state index is 0.124. The van der Waals surface area contributed by atoms with Crippen LogP contribution in [0.5, 0.6) is 0 Å². The van der Waals surface area contributed by atoms with E-state index < -0.39 is 5.97 Å². The number of carboxylic acid groups (broad SMARTS) is 1. The third-order valence-corrected chi connectivity index (χ3v) is 2.05. The Bertz CT molecular complexity index is 145. The molecule has 3 N–H and O–H groups in total. The topological polar surface area (TPSA) is 63.3 Å². The van der Waals surface area contributed by atoms with Gasteiger partial charge in [0.25, 0.3) is 0 Å². The molecule has 0 fully saturated rings. The van der Waals surface area contributed by atoms with E-state index in [2.05, 4.69) is 13.8 Å². The minimum atomic E-state index is -0.738. The van der Waals surface area contributed by atoms with Gasteiger partial charge in [-0.3, -0.25) is 4.79 Å². The Labute approximate surface area is 74.0 Å². The van der Waals surface area contributed by atoms with Crippen molar-refractivity contribution in [2.75, 3.05) is 0 Å². The molecule has 0 saturated heterocycles. The van der Waals surface area contributed by atoms with E-state index in [0.717, 1.165) is 6.42 Å². The van der Waals surface area contributed by atoms with E-state index >= 15 is 0 Å². The Hall–Kier alpha value is -0.570. The summed E-state index contributed by atoms with van der Waals surface area (Å²) in [4.78, 5) is 10.3. The van der Waals surface area contributed by atoms with Gasteiger partial charge < -0.3 is 10.8 Å². The van der Waals surface area contributed by atoms with Gasteiger partial charge in [-0.1, -0.05) is 20.8 Å². The molecular formula is C9H19NO2.